The number of benzene rings is 1. The third-order valence-corrected chi connectivity index (χ3v) is 3.75. The van der Waals surface area contributed by atoms with Crippen LogP contribution >= 0.6 is 0 Å². The van der Waals surface area contributed by atoms with E-state index in [2.05, 4.69) is 15.6 Å². The minimum absolute atomic E-state index is 0.0597. The lowest BCUT2D eigenvalue weighted by Crippen LogP contribution is -2.32. The Labute approximate surface area is 133 Å². The average molecular weight is 317 g/mol. The summed E-state index contributed by atoms with van der Waals surface area (Å²) in [7, 11) is 1.56. The molecule has 2 aromatic rings. The van der Waals surface area contributed by atoms with Gasteiger partial charge in [-0.15, -0.1) is 5.10 Å². The van der Waals surface area contributed by atoms with Gasteiger partial charge in [-0.2, -0.15) is 4.68 Å². The second-order valence-corrected chi connectivity index (χ2v) is 5.25. The molecule has 3 rings (SSSR count). The molecule has 1 aromatic carbocycles. The van der Waals surface area contributed by atoms with Crippen LogP contribution in [-0.4, -0.2) is 47.3 Å². The zero-order valence-corrected chi connectivity index (χ0v) is 12.9. The quantitative estimate of drug-likeness (QED) is 0.844. The van der Waals surface area contributed by atoms with Crippen LogP contribution in [0.3, 0.4) is 0 Å². The zero-order chi connectivity index (χ0) is 16.2. The first-order chi connectivity index (χ1) is 11.2. The third kappa shape index (κ3) is 3.11. The molecular formula is C15H19N5O3. The van der Waals surface area contributed by atoms with Crippen molar-refractivity contribution in [1.82, 2.24) is 20.3 Å². The lowest BCUT2D eigenvalue weighted by atomic mass is 10.2. The number of rotatable bonds is 5. The highest BCUT2D eigenvalue weighted by atomic mass is 16.5. The van der Waals surface area contributed by atoms with Gasteiger partial charge in [0.25, 0.3) is 5.91 Å². The van der Waals surface area contributed by atoms with Gasteiger partial charge in [0.15, 0.2) is 11.5 Å². The molecule has 1 fully saturated rings. The number of carbonyl (C=O) groups is 1. The molecule has 0 bridgehead atoms. The van der Waals surface area contributed by atoms with Crippen LogP contribution in [0.5, 0.6) is 5.75 Å². The van der Waals surface area contributed by atoms with E-state index in [1.165, 1.54) is 4.68 Å². The van der Waals surface area contributed by atoms with Gasteiger partial charge in [0.05, 0.1) is 13.2 Å². The number of amides is 1. The number of hydrogen-bond donors (Lipinski definition) is 2. The largest absolute Gasteiger partial charge is 0.494 e. The van der Waals surface area contributed by atoms with Crippen LogP contribution in [0.1, 0.15) is 23.3 Å². The Kier molecular flexibility index (Phi) is 4.42. The average Bonchev–Trinajstić information content (AvgIpc) is 3.22. The van der Waals surface area contributed by atoms with E-state index in [1.807, 2.05) is 12.1 Å². The predicted molar refractivity (Wildman–Crippen MR) is 83.6 cm³/mol. The molecule has 1 atom stereocenters. The molecule has 0 radical (unpaired) electrons. The number of nitrogens with one attached hydrogen (secondary N) is 1. The number of carbonyl (C=O) groups excluding carboxylic acids is 1. The van der Waals surface area contributed by atoms with Crippen LogP contribution in [0.4, 0.5) is 5.82 Å². The van der Waals surface area contributed by atoms with E-state index in [-0.39, 0.29) is 23.5 Å². The van der Waals surface area contributed by atoms with Crippen molar-refractivity contribution < 1.29 is 14.3 Å². The maximum Gasteiger partial charge on any atom is 0.275 e. The highest BCUT2D eigenvalue weighted by molar-refractivity contribution is 5.96. The summed E-state index contributed by atoms with van der Waals surface area (Å²) in [5.74, 6) is 0.397. The molecule has 23 heavy (non-hydrogen) atoms. The maximum atomic E-state index is 12.2. The van der Waals surface area contributed by atoms with Crippen molar-refractivity contribution >= 4 is 11.7 Å². The van der Waals surface area contributed by atoms with Gasteiger partial charge < -0.3 is 20.5 Å². The summed E-state index contributed by atoms with van der Waals surface area (Å²) in [6.45, 7) is 1.19. The summed E-state index contributed by atoms with van der Waals surface area (Å²) >= 11 is 0. The van der Waals surface area contributed by atoms with E-state index in [0.717, 1.165) is 19.4 Å². The van der Waals surface area contributed by atoms with Gasteiger partial charge in [-0.1, -0.05) is 17.3 Å². The van der Waals surface area contributed by atoms with Gasteiger partial charge in [0.2, 0.25) is 0 Å². The molecule has 122 valence electrons. The fourth-order valence-electron chi connectivity index (χ4n) is 2.53. The Bertz CT molecular complexity index is 694. The molecule has 0 aliphatic carbocycles. The molecule has 0 saturated carbocycles. The minimum atomic E-state index is -0.362. The molecule has 1 aliphatic heterocycles. The monoisotopic (exact) mass is 317 g/mol. The minimum Gasteiger partial charge on any atom is -0.494 e. The Hall–Kier alpha value is -2.61. The Morgan fingerprint density at radius 1 is 1.52 bits per heavy atom. The topological polar surface area (TPSA) is 104 Å². The van der Waals surface area contributed by atoms with Crippen LogP contribution in [0.25, 0.3) is 5.69 Å². The van der Waals surface area contributed by atoms with Gasteiger partial charge in [0.1, 0.15) is 11.4 Å². The molecule has 8 nitrogen and oxygen atoms in total. The molecule has 1 aromatic heterocycles. The highest BCUT2D eigenvalue weighted by Crippen LogP contribution is 2.24. The number of ether oxygens (including phenoxy) is 2. The number of hydrogen-bond acceptors (Lipinski definition) is 6. The van der Waals surface area contributed by atoms with E-state index in [0.29, 0.717) is 18.0 Å². The fourth-order valence-corrected chi connectivity index (χ4v) is 2.53. The highest BCUT2D eigenvalue weighted by Gasteiger charge is 2.22. The van der Waals surface area contributed by atoms with Crippen molar-refractivity contribution in [1.29, 1.82) is 0 Å². The van der Waals surface area contributed by atoms with Gasteiger partial charge in [-0.25, -0.2) is 0 Å². The number of nitrogen functional groups attached to an aromatic ring is 1. The van der Waals surface area contributed by atoms with Crippen LogP contribution in [0.2, 0.25) is 0 Å². The summed E-state index contributed by atoms with van der Waals surface area (Å²) in [5.41, 5.74) is 6.75. The SMILES string of the molecule is COc1ccccc1-n1nnc(C(=O)NCC2CCCO2)c1N. The van der Waals surface area contributed by atoms with Crippen molar-refractivity contribution in [3.63, 3.8) is 0 Å². The molecule has 1 amide bonds. The number of anilines is 1. The maximum absolute atomic E-state index is 12.2. The van der Waals surface area contributed by atoms with Crippen molar-refractivity contribution in [2.75, 3.05) is 26.0 Å². The fraction of sp³-hybridized carbons (Fsp3) is 0.400. The van der Waals surface area contributed by atoms with Gasteiger partial charge in [-0.05, 0) is 25.0 Å². The Balaban J connectivity index is 1.77. The van der Waals surface area contributed by atoms with E-state index in [4.69, 9.17) is 15.2 Å². The second-order valence-electron chi connectivity index (χ2n) is 5.25. The lowest BCUT2D eigenvalue weighted by Gasteiger charge is -2.10. The molecule has 0 spiro atoms. The zero-order valence-electron chi connectivity index (χ0n) is 12.9. The standard InChI is InChI=1S/C15H19N5O3/c1-22-12-7-3-2-6-11(12)20-14(16)13(18-19-20)15(21)17-9-10-5-4-8-23-10/h2-3,6-7,10H,4-5,8-9,16H2,1H3,(H,17,21). The smallest absolute Gasteiger partial charge is 0.275 e. The number of para-hydroxylation sites is 2. The molecule has 1 saturated heterocycles. The van der Waals surface area contributed by atoms with E-state index in [1.54, 1.807) is 19.2 Å². The first kappa shape index (κ1) is 15.3. The van der Waals surface area contributed by atoms with Crippen molar-refractivity contribution in [3.8, 4) is 11.4 Å². The normalized spacial score (nSPS) is 17.2. The van der Waals surface area contributed by atoms with Gasteiger partial charge in [0, 0.05) is 13.2 Å². The summed E-state index contributed by atoms with van der Waals surface area (Å²) in [5, 5.41) is 10.6. The molecular weight excluding hydrogens is 298 g/mol. The van der Waals surface area contributed by atoms with Crippen molar-refractivity contribution in [2.24, 2.45) is 0 Å². The number of nitrogens with two attached hydrogens (primary N) is 1. The van der Waals surface area contributed by atoms with Gasteiger partial charge >= 0.3 is 0 Å². The van der Waals surface area contributed by atoms with Crippen LogP contribution in [0, 0.1) is 0 Å². The summed E-state index contributed by atoms with van der Waals surface area (Å²) < 4.78 is 12.1. The van der Waals surface area contributed by atoms with E-state index < -0.39 is 0 Å². The number of methoxy groups -OCH3 is 1. The first-order valence-electron chi connectivity index (χ1n) is 7.45. The van der Waals surface area contributed by atoms with Crippen molar-refractivity contribution in [2.45, 2.75) is 18.9 Å². The molecule has 1 unspecified atom stereocenters. The Morgan fingerprint density at radius 3 is 3.09 bits per heavy atom. The molecule has 2 heterocycles. The lowest BCUT2D eigenvalue weighted by molar-refractivity contribution is 0.0854. The van der Waals surface area contributed by atoms with Crippen LogP contribution in [-0.2, 0) is 4.74 Å². The number of aromatic nitrogens is 3. The first-order valence-corrected chi connectivity index (χ1v) is 7.45. The predicted octanol–water partition coefficient (Wildman–Crippen LogP) is 0.767. The van der Waals surface area contributed by atoms with E-state index >= 15 is 0 Å². The second kappa shape index (κ2) is 6.66. The summed E-state index contributed by atoms with van der Waals surface area (Å²) in [6, 6.07) is 7.24. The molecule has 3 N–H and O–H groups in total. The number of nitrogens with zero attached hydrogens (tertiary/aromatic N) is 3. The van der Waals surface area contributed by atoms with Crippen LogP contribution < -0.4 is 15.8 Å². The molecule has 8 heteroatoms. The van der Waals surface area contributed by atoms with Gasteiger partial charge in [-0.3, -0.25) is 4.79 Å². The third-order valence-electron chi connectivity index (χ3n) is 3.75. The molecule has 1 aliphatic rings. The van der Waals surface area contributed by atoms with E-state index in [9.17, 15) is 4.79 Å². The summed E-state index contributed by atoms with van der Waals surface area (Å²) in [4.78, 5) is 12.2. The van der Waals surface area contributed by atoms with Crippen molar-refractivity contribution in [3.05, 3.63) is 30.0 Å². The summed E-state index contributed by atoms with van der Waals surface area (Å²) in [6.07, 6.45) is 2.03. The van der Waals surface area contributed by atoms with Crippen LogP contribution in [0.15, 0.2) is 24.3 Å². The Morgan fingerprint density at radius 2 is 2.35 bits per heavy atom.